The Kier molecular flexibility index (Phi) is 7.90. The molecule has 2 aromatic heterocycles. The van der Waals surface area contributed by atoms with Gasteiger partial charge in [0, 0.05) is 42.1 Å². The van der Waals surface area contributed by atoms with Gasteiger partial charge in [-0.25, -0.2) is 14.8 Å². The van der Waals surface area contributed by atoms with Crippen LogP contribution < -0.4 is 16.0 Å². The van der Waals surface area contributed by atoms with Gasteiger partial charge in [0.1, 0.15) is 6.54 Å². The molecule has 198 valence electrons. The number of benzene rings is 1. The van der Waals surface area contributed by atoms with E-state index in [1.54, 1.807) is 24.5 Å². The molecular formula is C27H33N9O2. The minimum atomic E-state index is -0.296. The van der Waals surface area contributed by atoms with Crippen LogP contribution in [0.15, 0.2) is 42.9 Å². The molecule has 0 saturated carbocycles. The summed E-state index contributed by atoms with van der Waals surface area (Å²) in [5.74, 6) is 0.144. The fourth-order valence-electron chi connectivity index (χ4n) is 4.26. The first-order chi connectivity index (χ1) is 18.1. The Morgan fingerprint density at radius 1 is 1.13 bits per heavy atom. The van der Waals surface area contributed by atoms with Crippen LogP contribution in [0.4, 0.5) is 16.4 Å². The zero-order chi connectivity index (χ0) is 27.3. The molecule has 0 aliphatic carbocycles. The van der Waals surface area contributed by atoms with Crippen molar-refractivity contribution in [3.8, 4) is 17.3 Å². The Bertz CT molecular complexity index is 1330. The average Bonchev–Trinajstić information content (AvgIpc) is 3.36. The third kappa shape index (κ3) is 6.64. The van der Waals surface area contributed by atoms with Crippen LogP contribution in [0.5, 0.6) is 0 Å². The van der Waals surface area contributed by atoms with Gasteiger partial charge in [0.15, 0.2) is 0 Å². The number of carbonyl (C=O) groups is 2. The first kappa shape index (κ1) is 26.6. The molecule has 1 fully saturated rings. The molecule has 4 rings (SSSR count). The van der Waals surface area contributed by atoms with Crippen molar-refractivity contribution < 1.29 is 9.59 Å². The fourth-order valence-corrected chi connectivity index (χ4v) is 4.26. The smallest absolute Gasteiger partial charge is 0.317 e. The molecular weight excluding hydrogens is 482 g/mol. The first-order valence-corrected chi connectivity index (χ1v) is 12.6. The number of nitrogens with zero attached hydrogens (tertiary/aromatic N) is 6. The van der Waals surface area contributed by atoms with Gasteiger partial charge in [0.25, 0.3) is 5.91 Å². The van der Waals surface area contributed by atoms with E-state index in [4.69, 9.17) is 5.26 Å². The van der Waals surface area contributed by atoms with Crippen LogP contribution in [0, 0.1) is 18.3 Å². The number of hydrogen-bond acceptors (Lipinski definition) is 7. The number of aromatic nitrogens is 4. The highest BCUT2D eigenvalue weighted by atomic mass is 16.2. The third-order valence-electron chi connectivity index (χ3n) is 6.19. The van der Waals surface area contributed by atoms with E-state index in [0.29, 0.717) is 24.6 Å². The Morgan fingerprint density at radius 3 is 2.50 bits per heavy atom. The van der Waals surface area contributed by atoms with Gasteiger partial charge in [-0.15, -0.1) is 0 Å². The lowest BCUT2D eigenvalue weighted by molar-refractivity contribution is 0.0958. The maximum absolute atomic E-state index is 12.4. The SMILES string of the molecule is Cc1cnc(Nc2cnn(C3CCN(C(=O)NC(C)(C)C)CC3)c2)nc1-c1ccc(C(=O)NCC#N)cc1. The van der Waals surface area contributed by atoms with Gasteiger partial charge in [-0.05, 0) is 58.2 Å². The molecule has 1 aliphatic rings. The van der Waals surface area contributed by atoms with Crippen LogP contribution in [0.25, 0.3) is 11.3 Å². The number of aryl methyl sites for hydroxylation is 1. The number of carbonyl (C=O) groups excluding carboxylic acids is 2. The summed E-state index contributed by atoms with van der Waals surface area (Å²) < 4.78 is 1.94. The normalized spacial score (nSPS) is 14.0. The highest BCUT2D eigenvalue weighted by Gasteiger charge is 2.26. The van der Waals surface area contributed by atoms with Crippen LogP contribution in [0.1, 0.15) is 55.6 Å². The number of nitriles is 1. The molecule has 11 heteroatoms. The largest absolute Gasteiger partial charge is 0.339 e. The summed E-state index contributed by atoms with van der Waals surface area (Å²) in [4.78, 5) is 35.5. The highest BCUT2D eigenvalue weighted by Crippen LogP contribution is 2.26. The molecule has 3 amide bonds. The molecule has 38 heavy (non-hydrogen) atoms. The van der Waals surface area contributed by atoms with Crippen LogP contribution in [0.2, 0.25) is 0 Å². The molecule has 3 N–H and O–H groups in total. The molecule has 0 spiro atoms. The Morgan fingerprint density at radius 2 is 1.84 bits per heavy atom. The van der Waals surface area contributed by atoms with Gasteiger partial charge in [-0.1, -0.05) is 12.1 Å². The number of piperidine rings is 1. The van der Waals surface area contributed by atoms with Crippen LogP contribution in [0.3, 0.4) is 0 Å². The Balaban J connectivity index is 1.39. The summed E-state index contributed by atoms with van der Waals surface area (Å²) in [5, 5.41) is 22.0. The highest BCUT2D eigenvalue weighted by molar-refractivity contribution is 5.94. The molecule has 0 unspecified atom stereocenters. The quantitative estimate of drug-likeness (QED) is 0.424. The molecule has 0 radical (unpaired) electrons. The fraction of sp³-hybridized carbons (Fsp3) is 0.407. The maximum Gasteiger partial charge on any atom is 0.317 e. The lowest BCUT2D eigenvalue weighted by Gasteiger charge is -2.34. The standard InChI is InChI=1S/C27H33N9O2/c1-18-15-30-25(33-23(18)19-5-7-20(8-6-19)24(37)29-12-11-28)32-21-16-31-36(17-21)22-9-13-35(14-10-22)26(38)34-27(2,3)4/h5-8,15-17,22H,9-10,12-14H2,1-4H3,(H,29,37)(H,34,38)(H,30,32,33). The number of hydrogen-bond donors (Lipinski definition) is 3. The van der Waals surface area contributed by atoms with E-state index >= 15 is 0 Å². The lowest BCUT2D eigenvalue weighted by atomic mass is 10.1. The van der Waals surface area contributed by atoms with Gasteiger partial charge in [0.05, 0.1) is 29.7 Å². The monoisotopic (exact) mass is 515 g/mol. The van der Waals surface area contributed by atoms with Gasteiger partial charge in [-0.2, -0.15) is 10.4 Å². The summed E-state index contributed by atoms with van der Waals surface area (Å²) in [5.41, 5.74) is 3.49. The minimum Gasteiger partial charge on any atom is -0.339 e. The molecule has 1 aliphatic heterocycles. The van der Waals surface area contributed by atoms with Crippen molar-refractivity contribution in [2.24, 2.45) is 0 Å². The molecule has 3 aromatic rings. The Labute approximate surface area is 222 Å². The van der Waals surface area contributed by atoms with E-state index in [1.165, 1.54) is 0 Å². The van der Waals surface area contributed by atoms with Crippen molar-refractivity contribution in [2.75, 3.05) is 25.0 Å². The molecule has 0 bridgehead atoms. The number of likely N-dealkylation sites (tertiary alicyclic amines) is 1. The number of urea groups is 1. The summed E-state index contributed by atoms with van der Waals surface area (Å²) in [6, 6.07) is 9.15. The zero-order valence-electron chi connectivity index (χ0n) is 22.2. The summed E-state index contributed by atoms with van der Waals surface area (Å²) in [6.45, 7) is 9.19. The second-order valence-electron chi connectivity index (χ2n) is 10.4. The second kappa shape index (κ2) is 11.3. The van der Waals surface area contributed by atoms with Crippen molar-refractivity contribution in [3.63, 3.8) is 0 Å². The van der Waals surface area contributed by atoms with Gasteiger partial charge >= 0.3 is 6.03 Å². The summed E-state index contributed by atoms with van der Waals surface area (Å²) >= 11 is 0. The Hall–Kier alpha value is -4.46. The predicted octanol–water partition coefficient (Wildman–Crippen LogP) is 3.79. The van der Waals surface area contributed by atoms with E-state index < -0.39 is 0 Å². The van der Waals surface area contributed by atoms with Gasteiger partial charge in [-0.3, -0.25) is 9.48 Å². The molecule has 1 saturated heterocycles. The number of anilines is 2. The number of nitrogens with one attached hydrogen (secondary N) is 3. The second-order valence-corrected chi connectivity index (χ2v) is 10.4. The van der Waals surface area contributed by atoms with E-state index in [9.17, 15) is 9.59 Å². The van der Waals surface area contributed by atoms with E-state index in [1.807, 2.05) is 61.7 Å². The van der Waals surface area contributed by atoms with Gasteiger partial charge in [0.2, 0.25) is 5.95 Å². The van der Waals surface area contributed by atoms with E-state index in [2.05, 4.69) is 31.0 Å². The number of rotatable bonds is 6. The van der Waals surface area contributed by atoms with Crippen molar-refractivity contribution in [1.82, 2.24) is 35.3 Å². The topological polar surface area (TPSA) is 141 Å². The predicted molar refractivity (Wildman–Crippen MR) is 144 cm³/mol. The van der Waals surface area contributed by atoms with E-state index in [-0.39, 0.29) is 30.1 Å². The summed E-state index contributed by atoms with van der Waals surface area (Å²) in [7, 11) is 0. The first-order valence-electron chi connectivity index (χ1n) is 12.6. The molecule has 0 atom stereocenters. The third-order valence-corrected chi connectivity index (χ3v) is 6.19. The minimum absolute atomic E-state index is 0.0250. The average molecular weight is 516 g/mol. The van der Waals surface area contributed by atoms with Gasteiger partial charge < -0.3 is 20.9 Å². The van der Waals surface area contributed by atoms with Crippen molar-refractivity contribution in [1.29, 1.82) is 5.26 Å². The van der Waals surface area contributed by atoms with Crippen LogP contribution >= 0.6 is 0 Å². The van der Waals surface area contributed by atoms with E-state index in [0.717, 1.165) is 35.3 Å². The van der Waals surface area contributed by atoms with Crippen molar-refractivity contribution in [3.05, 3.63) is 54.0 Å². The van der Waals surface area contributed by atoms with Crippen molar-refractivity contribution >= 4 is 23.6 Å². The summed E-state index contributed by atoms with van der Waals surface area (Å²) in [6.07, 6.45) is 7.09. The zero-order valence-corrected chi connectivity index (χ0v) is 22.2. The lowest BCUT2D eigenvalue weighted by Crippen LogP contribution is -2.50. The van der Waals surface area contributed by atoms with Crippen LogP contribution in [-0.4, -0.2) is 61.8 Å². The van der Waals surface area contributed by atoms with Crippen molar-refractivity contribution in [2.45, 2.75) is 52.1 Å². The van der Waals surface area contributed by atoms with Crippen LogP contribution in [-0.2, 0) is 0 Å². The maximum atomic E-state index is 12.4. The molecule has 3 heterocycles. The molecule has 1 aromatic carbocycles. The molecule has 11 nitrogen and oxygen atoms in total. The number of amides is 3.